The number of thiophene rings is 1. The highest BCUT2D eigenvalue weighted by molar-refractivity contribution is 7.80. The topological polar surface area (TPSA) is 57.4 Å². The molecule has 0 radical (unpaired) electrons. The molecule has 0 aliphatic heterocycles. The summed E-state index contributed by atoms with van der Waals surface area (Å²) in [5.74, 6) is 0. The van der Waals surface area contributed by atoms with E-state index in [0.29, 0.717) is 30.4 Å². The molecule has 0 atom stereocenters. The fourth-order valence-electron chi connectivity index (χ4n) is 3.26. The molecule has 3 rings (SSSR count). The molecule has 0 unspecified atom stereocenters. The number of hydrogen-bond donors (Lipinski definition) is 2. The summed E-state index contributed by atoms with van der Waals surface area (Å²) in [5, 5.41) is 7.08. The van der Waals surface area contributed by atoms with Crippen LogP contribution >= 0.6 is 23.6 Å². The van der Waals surface area contributed by atoms with E-state index >= 15 is 0 Å². The normalized spacial score (nSPS) is 11.0. The van der Waals surface area contributed by atoms with Crippen LogP contribution in [0.15, 0.2) is 46.6 Å². The Labute approximate surface area is 187 Å². The van der Waals surface area contributed by atoms with E-state index in [1.54, 1.807) is 11.3 Å². The molecular formula is C23H29N3O2S2. The maximum atomic E-state index is 12.7. The second-order valence-electron chi connectivity index (χ2n) is 7.12. The second kappa shape index (κ2) is 11.2. The minimum absolute atomic E-state index is 0.0675. The summed E-state index contributed by atoms with van der Waals surface area (Å²) in [7, 11) is 0. The van der Waals surface area contributed by atoms with Gasteiger partial charge >= 0.3 is 0 Å². The first-order valence-corrected chi connectivity index (χ1v) is 11.7. The van der Waals surface area contributed by atoms with Crippen molar-refractivity contribution in [2.75, 3.05) is 19.8 Å². The zero-order chi connectivity index (χ0) is 21.3. The summed E-state index contributed by atoms with van der Waals surface area (Å²) in [6.07, 6.45) is 1.85. The largest absolute Gasteiger partial charge is 0.382 e. The average Bonchev–Trinajstić information content (AvgIpc) is 3.26. The molecule has 0 aliphatic carbocycles. The number of H-pyrrole nitrogens is 1. The maximum absolute atomic E-state index is 12.7. The number of hydrogen-bond acceptors (Lipinski definition) is 4. The number of ether oxygens (including phenoxy) is 1. The third-order valence-electron chi connectivity index (χ3n) is 4.91. The second-order valence-corrected chi connectivity index (χ2v) is 8.54. The number of aromatic amines is 1. The predicted molar refractivity (Wildman–Crippen MR) is 129 cm³/mol. The van der Waals surface area contributed by atoms with E-state index in [9.17, 15) is 4.79 Å². The van der Waals surface area contributed by atoms with Crippen LogP contribution < -0.4 is 10.9 Å². The minimum atomic E-state index is -0.0675. The Balaban J connectivity index is 1.78. The third kappa shape index (κ3) is 6.14. The number of pyridine rings is 1. The molecule has 2 aromatic heterocycles. The molecule has 5 nitrogen and oxygen atoms in total. The SMILES string of the molecule is CCOCCCNC(=S)N(Cc1cccs1)Cc1cc2cc(CC)ccc2[nH]c1=O. The molecule has 0 spiro atoms. The number of benzene rings is 1. The van der Waals surface area contributed by atoms with Crippen LogP contribution in [-0.2, 0) is 24.2 Å². The molecule has 0 fully saturated rings. The van der Waals surface area contributed by atoms with Crippen molar-refractivity contribution in [2.45, 2.75) is 39.8 Å². The Morgan fingerprint density at radius 3 is 2.83 bits per heavy atom. The Hall–Kier alpha value is -2.22. The quantitative estimate of drug-likeness (QED) is 0.358. The summed E-state index contributed by atoms with van der Waals surface area (Å²) in [6, 6.07) is 12.3. The third-order valence-corrected chi connectivity index (χ3v) is 6.18. The lowest BCUT2D eigenvalue weighted by molar-refractivity contribution is 0.145. The van der Waals surface area contributed by atoms with Gasteiger partial charge in [-0.05, 0) is 72.6 Å². The van der Waals surface area contributed by atoms with Gasteiger partial charge in [-0.2, -0.15) is 0 Å². The predicted octanol–water partition coefficient (Wildman–Crippen LogP) is 4.46. The van der Waals surface area contributed by atoms with Gasteiger partial charge in [0.2, 0.25) is 0 Å². The van der Waals surface area contributed by atoms with Gasteiger partial charge in [-0.25, -0.2) is 0 Å². The number of nitrogens with zero attached hydrogens (tertiary/aromatic N) is 1. The molecule has 0 aliphatic rings. The van der Waals surface area contributed by atoms with E-state index in [2.05, 4.69) is 45.7 Å². The molecule has 30 heavy (non-hydrogen) atoms. The summed E-state index contributed by atoms with van der Waals surface area (Å²) in [5.41, 5.74) is 2.76. The monoisotopic (exact) mass is 443 g/mol. The molecule has 0 amide bonds. The van der Waals surface area contributed by atoms with Crippen molar-refractivity contribution in [1.82, 2.24) is 15.2 Å². The Morgan fingerprint density at radius 1 is 1.23 bits per heavy atom. The molecule has 0 saturated carbocycles. The van der Waals surface area contributed by atoms with Crippen molar-refractivity contribution in [3.8, 4) is 0 Å². The molecule has 3 aromatic rings. The number of fused-ring (bicyclic) bond motifs is 1. The van der Waals surface area contributed by atoms with Crippen LogP contribution in [0.5, 0.6) is 0 Å². The van der Waals surface area contributed by atoms with Gasteiger partial charge in [0, 0.05) is 35.7 Å². The fraction of sp³-hybridized carbons (Fsp3) is 0.391. The van der Waals surface area contributed by atoms with Gasteiger partial charge < -0.3 is 19.9 Å². The highest BCUT2D eigenvalue weighted by Crippen LogP contribution is 2.17. The van der Waals surface area contributed by atoms with Gasteiger partial charge in [-0.3, -0.25) is 4.79 Å². The zero-order valence-electron chi connectivity index (χ0n) is 17.6. The molecule has 1 aromatic carbocycles. The first-order chi connectivity index (χ1) is 14.6. The number of aryl methyl sites for hydroxylation is 1. The summed E-state index contributed by atoms with van der Waals surface area (Å²) in [4.78, 5) is 19.0. The Bertz CT molecular complexity index is 1010. The smallest absolute Gasteiger partial charge is 0.253 e. The fourth-order valence-corrected chi connectivity index (χ4v) is 4.21. The molecule has 160 valence electrons. The Morgan fingerprint density at radius 2 is 2.10 bits per heavy atom. The van der Waals surface area contributed by atoms with Crippen molar-refractivity contribution < 1.29 is 4.74 Å². The summed E-state index contributed by atoms with van der Waals surface area (Å²) in [6.45, 7) is 7.42. The lowest BCUT2D eigenvalue weighted by Crippen LogP contribution is -2.40. The molecule has 0 bridgehead atoms. The van der Waals surface area contributed by atoms with E-state index in [0.717, 1.165) is 36.9 Å². The van der Waals surface area contributed by atoms with Crippen LogP contribution in [-0.4, -0.2) is 34.8 Å². The van der Waals surface area contributed by atoms with Gasteiger partial charge in [0.25, 0.3) is 5.56 Å². The minimum Gasteiger partial charge on any atom is -0.382 e. The van der Waals surface area contributed by atoms with Gasteiger partial charge in [0.15, 0.2) is 5.11 Å². The molecular weight excluding hydrogens is 414 g/mol. The summed E-state index contributed by atoms with van der Waals surface area (Å²) >= 11 is 7.36. The molecule has 0 saturated heterocycles. The van der Waals surface area contributed by atoms with Crippen molar-refractivity contribution in [3.63, 3.8) is 0 Å². The van der Waals surface area contributed by atoms with Gasteiger partial charge in [0.1, 0.15) is 0 Å². The van der Waals surface area contributed by atoms with Crippen LogP contribution in [0.2, 0.25) is 0 Å². The first kappa shape index (κ1) is 22.5. The Kier molecular flexibility index (Phi) is 8.42. The van der Waals surface area contributed by atoms with Gasteiger partial charge in [-0.15, -0.1) is 11.3 Å². The van der Waals surface area contributed by atoms with Crippen molar-refractivity contribution in [2.24, 2.45) is 0 Å². The van der Waals surface area contributed by atoms with E-state index in [1.807, 2.05) is 25.1 Å². The van der Waals surface area contributed by atoms with Gasteiger partial charge in [-0.1, -0.05) is 19.1 Å². The first-order valence-electron chi connectivity index (χ1n) is 10.4. The lowest BCUT2D eigenvalue weighted by Gasteiger charge is -2.25. The highest BCUT2D eigenvalue weighted by Gasteiger charge is 2.14. The van der Waals surface area contributed by atoms with E-state index in [4.69, 9.17) is 17.0 Å². The van der Waals surface area contributed by atoms with Crippen molar-refractivity contribution in [1.29, 1.82) is 0 Å². The van der Waals surface area contributed by atoms with Crippen LogP contribution in [0.25, 0.3) is 10.9 Å². The van der Waals surface area contributed by atoms with Crippen molar-refractivity contribution in [3.05, 3.63) is 68.1 Å². The molecule has 2 N–H and O–H groups in total. The number of nitrogens with one attached hydrogen (secondary N) is 2. The van der Waals surface area contributed by atoms with Crippen LogP contribution in [0, 0.1) is 0 Å². The number of rotatable bonds is 10. The van der Waals surface area contributed by atoms with Crippen molar-refractivity contribution >= 4 is 39.6 Å². The molecule has 2 heterocycles. The van der Waals surface area contributed by atoms with Crippen LogP contribution in [0.1, 0.15) is 36.3 Å². The highest BCUT2D eigenvalue weighted by atomic mass is 32.1. The number of aromatic nitrogens is 1. The van der Waals surface area contributed by atoms with E-state index < -0.39 is 0 Å². The average molecular weight is 444 g/mol. The molecule has 7 heteroatoms. The zero-order valence-corrected chi connectivity index (χ0v) is 19.2. The standard InChI is InChI=1S/C23H29N3O2S2/c1-3-17-8-9-21-18(13-17)14-19(22(27)25-21)15-26(16-20-7-5-12-30-20)23(29)24-10-6-11-28-4-2/h5,7-9,12-14H,3-4,6,10-11,15-16H2,1-2H3,(H,24,29)(H,25,27). The summed E-state index contributed by atoms with van der Waals surface area (Å²) < 4.78 is 5.39. The van der Waals surface area contributed by atoms with Gasteiger partial charge in [0.05, 0.1) is 13.1 Å². The lowest BCUT2D eigenvalue weighted by atomic mass is 10.1. The maximum Gasteiger partial charge on any atom is 0.253 e. The number of thiocarbonyl (C=S) groups is 1. The van der Waals surface area contributed by atoms with Crippen LogP contribution in [0.4, 0.5) is 0 Å². The van der Waals surface area contributed by atoms with E-state index in [-0.39, 0.29) is 5.56 Å². The van der Waals surface area contributed by atoms with Crippen LogP contribution in [0.3, 0.4) is 0 Å². The van der Waals surface area contributed by atoms with E-state index in [1.165, 1.54) is 10.4 Å².